The van der Waals surface area contributed by atoms with Crippen LogP contribution in [0, 0.1) is 0 Å². The van der Waals surface area contributed by atoms with E-state index in [1.807, 2.05) is 0 Å². The molecule has 0 spiro atoms. The van der Waals surface area contributed by atoms with Gasteiger partial charge < -0.3 is 9.84 Å². The van der Waals surface area contributed by atoms with Gasteiger partial charge in [0.15, 0.2) is 5.82 Å². The van der Waals surface area contributed by atoms with Gasteiger partial charge in [0, 0.05) is 12.0 Å². The molecule has 1 aromatic heterocycles. The Bertz CT molecular complexity index is 403. The molecule has 0 amide bonds. The van der Waals surface area contributed by atoms with Crippen molar-refractivity contribution < 1.29 is 4.52 Å². The maximum Gasteiger partial charge on any atom is 0.234 e. The van der Waals surface area contributed by atoms with Crippen molar-refractivity contribution in [3.05, 3.63) is 11.7 Å². The second-order valence-corrected chi connectivity index (χ2v) is 5.90. The van der Waals surface area contributed by atoms with Crippen molar-refractivity contribution >= 4 is 0 Å². The average molecular weight is 235 g/mol. The first-order valence-corrected chi connectivity index (χ1v) is 6.74. The Morgan fingerprint density at radius 3 is 2.76 bits per heavy atom. The lowest BCUT2D eigenvalue weighted by Crippen LogP contribution is -2.43. The highest BCUT2D eigenvalue weighted by Crippen LogP contribution is 2.46. The second kappa shape index (κ2) is 3.80. The molecule has 1 unspecified atom stereocenters. The third kappa shape index (κ3) is 1.79. The predicted octanol–water partition coefficient (Wildman–Crippen LogP) is 2.15. The highest BCUT2D eigenvalue weighted by Gasteiger charge is 2.45. The molecule has 2 heterocycles. The van der Waals surface area contributed by atoms with Crippen LogP contribution in [0.25, 0.3) is 0 Å². The molecule has 0 aromatic carbocycles. The van der Waals surface area contributed by atoms with Crippen LogP contribution in [0.3, 0.4) is 0 Å². The predicted molar refractivity (Wildman–Crippen MR) is 65.0 cm³/mol. The van der Waals surface area contributed by atoms with E-state index in [9.17, 15) is 0 Å². The molecule has 1 aliphatic carbocycles. The Balaban J connectivity index is 1.88. The van der Waals surface area contributed by atoms with E-state index in [-0.39, 0.29) is 10.8 Å². The van der Waals surface area contributed by atoms with Gasteiger partial charge in [0.05, 0.1) is 5.41 Å². The summed E-state index contributed by atoms with van der Waals surface area (Å²) in [4.78, 5) is 4.69. The zero-order valence-corrected chi connectivity index (χ0v) is 10.8. The summed E-state index contributed by atoms with van der Waals surface area (Å²) in [5.74, 6) is 1.78. The van der Waals surface area contributed by atoms with Gasteiger partial charge in [0.2, 0.25) is 5.89 Å². The van der Waals surface area contributed by atoms with Gasteiger partial charge in [0.1, 0.15) is 0 Å². The number of hydrogen-bond donors (Lipinski definition) is 1. The maximum absolute atomic E-state index is 5.56. The summed E-state index contributed by atoms with van der Waals surface area (Å²) >= 11 is 0. The zero-order chi connectivity index (χ0) is 11.9. The molecule has 1 N–H and O–H groups in total. The van der Waals surface area contributed by atoms with Crippen LogP contribution in [0.2, 0.25) is 0 Å². The van der Waals surface area contributed by atoms with Crippen LogP contribution in [0.15, 0.2) is 4.52 Å². The van der Waals surface area contributed by atoms with Crippen molar-refractivity contribution in [2.75, 3.05) is 13.1 Å². The van der Waals surface area contributed by atoms with Crippen LogP contribution in [0.4, 0.5) is 0 Å². The largest absolute Gasteiger partial charge is 0.339 e. The fourth-order valence-electron chi connectivity index (χ4n) is 2.70. The summed E-state index contributed by atoms with van der Waals surface area (Å²) in [5.41, 5.74) is 0.285. The van der Waals surface area contributed by atoms with E-state index >= 15 is 0 Å². The molecule has 17 heavy (non-hydrogen) atoms. The second-order valence-electron chi connectivity index (χ2n) is 5.90. The third-order valence-corrected chi connectivity index (χ3v) is 4.57. The van der Waals surface area contributed by atoms with Gasteiger partial charge in [-0.15, -0.1) is 0 Å². The molecule has 2 fully saturated rings. The molecule has 0 radical (unpaired) electrons. The lowest BCUT2D eigenvalue weighted by molar-refractivity contribution is 0.220. The van der Waals surface area contributed by atoms with E-state index in [2.05, 4.69) is 24.3 Å². The van der Waals surface area contributed by atoms with Crippen molar-refractivity contribution in [3.63, 3.8) is 0 Å². The van der Waals surface area contributed by atoms with Crippen LogP contribution < -0.4 is 5.32 Å². The minimum absolute atomic E-state index is 0.0781. The van der Waals surface area contributed by atoms with Crippen molar-refractivity contribution in [1.82, 2.24) is 15.5 Å². The molecule has 1 atom stereocenters. The SMILES string of the molecule is CCC1(c2nc(C3(C)CC3)no2)CCCNC1. The summed E-state index contributed by atoms with van der Waals surface area (Å²) in [6.07, 6.45) is 5.82. The molecule has 4 nitrogen and oxygen atoms in total. The lowest BCUT2D eigenvalue weighted by atomic mass is 9.78. The maximum atomic E-state index is 5.56. The number of piperidine rings is 1. The summed E-state index contributed by atoms with van der Waals surface area (Å²) in [6, 6.07) is 0. The zero-order valence-electron chi connectivity index (χ0n) is 10.8. The number of nitrogens with zero attached hydrogens (tertiary/aromatic N) is 2. The van der Waals surface area contributed by atoms with Gasteiger partial charge >= 0.3 is 0 Å². The van der Waals surface area contributed by atoms with Crippen LogP contribution in [-0.4, -0.2) is 23.2 Å². The van der Waals surface area contributed by atoms with Gasteiger partial charge in [-0.3, -0.25) is 0 Å². The van der Waals surface area contributed by atoms with Gasteiger partial charge in [-0.25, -0.2) is 0 Å². The van der Waals surface area contributed by atoms with Gasteiger partial charge in [-0.1, -0.05) is 19.0 Å². The molecule has 1 saturated heterocycles. The van der Waals surface area contributed by atoms with Crippen molar-refractivity contribution in [2.45, 2.75) is 56.8 Å². The summed E-state index contributed by atoms with van der Waals surface area (Å²) < 4.78 is 5.56. The monoisotopic (exact) mass is 235 g/mol. The lowest BCUT2D eigenvalue weighted by Gasteiger charge is -2.33. The smallest absolute Gasteiger partial charge is 0.234 e. The molecular formula is C13H21N3O. The Hall–Kier alpha value is -0.900. The van der Waals surface area contributed by atoms with Crippen LogP contribution >= 0.6 is 0 Å². The molecule has 1 saturated carbocycles. The van der Waals surface area contributed by atoms with Crippen molar-refractivity contribution in [3.8, 4) is 0 Å². The number of nitrogens with one attached hydrogen (secondary N) is 1. The van der Waals surface area contributed by atoms with E-state index < -0.39 is 0 Å². The van der Waals surface area contributed by atoms with E-state index in [4.69, 9.17) is 9.51 Å². The summed E-state index contributed by atoms with van der Waals surface area (Å²) in [7, 11) is 0. The minimum Gasteiger partial charge on any atom is -0.339 e. The Kier molecular flexibility index (Phi) is 2.51. The molecule has 1 aromatic rings. The van der Waals surface area contributed by atoms with Crippen LogP contribution in [0.5, 0.6) is 0 Å². The third-order valence-electron chi connectivity index (χ3n) is 4.57. The molecule has 94 valence electrons. The van der Waals surface area contributed by atoms with Gasteiger partial charge in [-0.2, -0.15) is 4.98 Å². The Morgan fingerprint density at radius 2 is 2.18 bits per heavy atom. The summed E-state index contributed by atoms with van der Waals surface area (Å²) in [5, 5.41) is 7.67. The van der Waals surface area contributed by atoms with Crippen molar-refractivity contribution in [1.29, 1.82) is 0 Å². The van der Waals surface area contributed by atoms with Crippen LogP contribution in [0.1, 0.15) is 57.7 Å². The fraction of sp³-hybridized carbons (Fsp3) is 0.846. The number of hydrogen-bond acceptors (Lipinski definition) is 4. The highest BCUT2D eigenvalue weighted by atomic mass is 16.5. The molecule has 4 heteroatoms. The average Bonchev–Trinajstić information content (AvgIpc) is 2.94. The standard InChI is InChI=1S/C13H21N3O/c1-3-13(5-4-8-14-9-13)11-15-10(16-17-11)12(2)6-7-12/h14H,3-9H2,1-2H3. The van der Waals surface area contributed by atoms with Crippen molar-refractivity contribution in [2.24, 2.45) is 0 Å². The van der Waals surface area contributed by atoms with Crippen LogP contribution in [-0.2, 0) is 10.8 Å². The van der Waals surface area contributed by atoms with E-state index in [0.29, 0.717) is 0 Å². The van der Waals surface area contributed by atoms with E-state index in [1.54, 1.807) is 0 Å². The fourth-order valence-corrected chi connectivity index (χ4v) is 2.70. The number of rotatable bonds is 3. The molecular weight excluding hydrogens is 214 g/mol. The van der Waals surface area contributed by atoms with Gasteiger partial charge in [0.25, 0.3) is 0 Å². The quantitative estimate of drug-likeness (QED) is 0.872. The first-order chi connectivity index (χ1) is 8.19. The Morgan fingerprint density at radius 1 is 1.35 bits per heavy atom. The summed E-state index contributed by atoms with van der Waals surface area (Å²) in [6.45, 7) is 6.53. The minimum atomic E-state index is 0.0781. The normalized spacial score (nSPS) is 31.4. The highest BCUT2D eigenvalue weighted by molar-refractivity contribution is 5.17. The van der Waals surface area contributed by atoms with E-state index in [0.717, 1.165) is 37.6 Å². The first-order valence-electron chi connectivity index (χ1n) is 6.74. The topological polar surface area (TPSA) is 51.0 Å². The van der Waals surface area contributed by atoms with Gasteiger partial charge in [-0.05, 0) is 38.6 Å². The number of aromatic nitrogens is 2. The molecule has 0 bridgehead atoms. The molecule has 1 aliphatic heterocycles. The Labute approximate surface area is 102 Å². The molecule has 3 rings (SSSR count). The molecule has 2 aliphatic rings. The van der Waals surface area contributed by atoms with E-state index in [1.165, 1.54) is 19.3 Å². The first kappa shape index (κ1) is 11.2.